The predicted octanol–water partition coefficient (Wildman–Crippen LogP) is 1.82. The summed E-state index contributed by atoms with van der Waals surface area (Å²) in [6, 6.07) is 9.55. The molecule has 1 rings (SSSR count). The van der Waals surface area contributed by atoms with Gasteiger partial charge in [0, 0.05) is 12.3 Å². The summed E-state index contributed by atoms with van der Waals surface area (Å²) in [4.78, 5) is 11.4. The Morgan fingerprint density at radius 1 is 1.29 bits per heavy atom. The molecule has 14 heavy (non-hydrogen) atoms. The van der Waals surface area contributed by atoms with E-state index in [0.717, 1.165) is 5.56 Å². The van der Waals surface area contributed by atoms with Crippen LogP contribution in [0, 0.1) is 5.92 Å². The number of carbonyl (C=O) groups excluding carboxylic acids is 1. The molecule has 1 atom stereocenters. The van der Waals surface area contributed by atoms with Crippen LogP contribution in [0.3, 0.4) is 0 Å². The molecule has 0 spiro atoms. The first-order valence-corrected chi connectivity index (χ1v) is 4.87. The van der Waals surface area contributed by atoms with E-state index in [1.165, 1.54) is 0 Å². The minimum atomic E-state index is -0.864. The van der Waals surface area contributed by atoms with Crippen LogP contribution in [-0.4, -0.2) is 17.0 Å². The quantitative estimate of drug-likeness (QED) is 0.790. The Labute approximate surface area is 84.6 Å². The van der Waals surface area contributed by atoms with Gasteiger partial charge in [-0.15, -0.1) is 0 Å². The molecule has 0 saturated carbocycles. The summed E-state index contributed by atoms with van der Waals surface area (Å²) in [5.74, 6) is -0.192. The van der Waals surface area contributed by atoms with E-state index in [9.17, 15) is 9.90 Å². The van der Waals surface area contributed by atoms with Gasteiger partial charge in [0.1, 0.15) is 6.10 Å². The lowest BCUT2D eigenvalue weighted by atomic mass is 9.98. The fraction of sp³-hybridized carbons (Fsp3) is 0.417. The first kappa shape index (κ1) is 10.9. The van der Waals surface area contributed by atoms with Crippen molar-refractivity contribution in [1.82, 2.24) is 0 Å². The van der Waals surface area contributed by atoms with E-state index in [1.807, 2.05) is 30.3 Å². The number of aliphatic hydroxyl groups excluding tert-OH is 1. The van der Waals surface area contributed by atoms with Crippen LogP contribution >= 0.6 is 0 Å². The molecule has 1 aromatic carbocycles. The summed E-state index contributed by atoms with van der Waals surface area (Å²) in [5.41, 5.74) is 0.994. The largest absolute Gasteiger partial charge is 0.385 e. The smallest absolute Gasteiger partial charge is 0.164 e. The summed E-state index contributed by atoms with van der Waals surface area (Å²) < 4.78 is 0. The second-order valence-corrected chi connectivity index (χ2v) is 3.76. The van der Waals surface area contributed by atoms with Gasteiger partial charge in [-0.05, 0) is 5.56 Å². The number of ketones is 1. The Hall–Kier alpha value is -1.15. The maximum absolute atomic E-state index is 11.4. The Morgan fingerprint density at radius 3 is 2.36 bits per heavy atom. The van der Waals surface area contributed by atoms with E-state index >= 15 is 0 Å². The number of benzene rings is 1. The zero-order valence-electron chi connectivity index (χ0n) is 8.60. The van der Waals surface area contributed by atoms with E-state index in [4.69, 9.17) is 0 Å². The van der Waals surface area contributed by atoms with Crippen LogP contribution in [-0.2, 0) is 11.2 Å². The molecule has 0 aliphatic rings. The lowest BCUT2D eigenvalue weighted by molar-refractivity contribution is -0.130. The van der Waals surface area contributed by atoms with Crippen molar-refractivity contribution < 1.29 is 9.90 Å². The number of hydrogen-bond acceptors (Lipinski definition) is 2. The van der Waals surface area contributed by atoms with Gasteiger partial charge in [0.15, 0.2) is 5.78 Å². The Balaban J connectivity index is 2.57. The van der Waals surface area contributed by atoms with E-state index in [0.29, 0.717) is 6.42 Å². The van der Waals surface area contributed by atoms with Crippen molar-refractivity contribution in [2.75, 3.05) is 0 Å². The highest BCUT2D eigenvalue weighted by Crippen LogP contribution is 2.07. The molecule has 1 aromatic rings. The van der Waals surface area contributed by atoms with Gasteiger partial charge in [-0.25, -0.2) is 0 Å². The van der Waals surface area contributed by atoms with Gasteiger partial charge >= 0.3 is 0 Å². The maximum Gasteiger partial charge on any atom is 0.164 e. The molecule has 0 heterocycles. The van der Waals surface area contributed by atoms with E-state index < -0.39 is 6.10 Å². The second kappa shape index (κ2) is 4.91. The summed E-state index contributed by atoms with van der Waals surface area (Å²) in [6.07, 6.45) is -0.449. The van der Waals surface area contributed by atoms with Crippen LogP contribution in [0.25, 0.3) is 0 Å². The fourth-order valence-corrected chi connectivity index (χ4v) is 1.32. The molecule has 0 fully saturated rings. The molecule has 0 bridgehead atoms. The van der Waals surface area contributed by atoms with Gasteiger partial charge < -0.3 is 5.11 Å². The highest BCUT2D eigenvalue weighted by Gasteiger charge is 2.18. The monoisotopic (exact) mass is 192 g/mol. The van der Waals surface area contributed by atoms with Crippen molar-refractivity contribution in [3.05, 3.63) is 35.9 Å². The summed E-state index contributed by atoms with van der Waals surface area (Å²) in [6.45, 7) is 3.60. The topological polar surface area (TPSA) is 37.3 Å². The molecule has 1 N–H and O–H groups in total. The Morgan fingerprint density at radius 2 is 1.86 bits per heavy atom. The van der Waals surface area contributed by atoms with Crippen molar-refractivity contribution in [2.24, 2.45) is 5.92 Å². The molecule has 0 amide bonds. The third-order valence-corrected chi connectivity index (χ3v) is 2.17. The summed E-state index contributed by atoms with van der Waals surface area (Å²) >= 11 is 0. The average Bonchev–Trinajstić information content (AvgIpc) is 2.18. The van der Waals surface area contributed by atoms with Crippen molar-refractivity contribution in [2.45, 2.75) is 26.4 Å². The van der Waals surface area contributed by atoms with Gasteiger partial charge in [0.2, 0.25) is 0 Å². The van der Waals surface area contributed by atoms with Gasteiger partial charge in [-0.3, -0.25) is 4.79 Å². The molecule has 2 heteroatoms. The molecule has 0 aliphatic carbocycles. The van der Waals surface area contributed by atoms with Crippen LogP contribution in [0.2, 0.25) is 0 Å². The minimum absolute atomic E-state index is 0.0890. The third kappa shape index (κ3) is 2.96. The van der Waals surface area contributed by atoms with E-state index in [-0.39, 0.29) is 11.7 Å². The van der Waals surface area contributed by atoms with Crippen molar-refractivity contribution in [1.29, 1.82) is 0 Å². The van der Waals surface area contributed by atoms with E-state index in [2.05, 4.69) is 0 Å². The highest BCUT2D eigenvalue weighted by atomic mass is 16.3. The molecule has 1 unspecified atom stereocenters. The summed E-state index contributed by atoms with van der Waals surface area (Å²) in [5, 5.41) is 9.59. The zero-order valence-corrected chi connectivity index (χ0v) is 8.60. The Bertz CT molecular complexity index is 290. The van der Waals surface area contributed by atoms with Crippen LogP contribution in [0.4, 0.5) is 0 Å². The van der Waals surface area contributed by atoms with Crippen LogP contribution < -0.4 is 0 Å². The van der Waals surface area contributed by atoms with Gasteiger partial charge in [0.05, 0.1) is 0 Å². The fourth-order valence-electron chi connectivity index (χ4n) is 1.32. The standard InChI is InChI=1S/C12H16O2/c1-9(2)12(14)11(13)8-10-6-4-3-5-7-10/h3-7,9,11,13H,8H2,1-2H3. The van der Waals surface area contributed by atoms with Crippen molar-refractivity contribution in [3.63, 3.8) is 0 Å². The van der Waals surface area contributed by atoms with Crippen molar-refractivity contribution >= 4 is 5.78 Å². The third-order valence-electron chi connectivity index (χ3n) is 2.17. The molecule has 0 radical (unpaired) electrons. The molecule has 0 aromatic heterocycles. The highest BCUT2D eigenvalue weighted by molar-refractivity contribution is 5.84. The molecule has 76 valence electrons. The zero-order chi connectivity index (χ0) is 10.6. The summed E-state index contributed by atoms with van der Waals surface area (Å²) in [7, 11) is 0. The Kier molecular flexibility index (Phi) is 3.84. The molecule has 0 saturated heterocycles. The van der Waals surface area contributed by atoms with Crippen LogP contribution in [0.5, 0.6) is 0 Å². The van der Waals surface area contributed by atoms with Gasteiger partial charge in [-0.1, -0.05) is 44.2 Å². The molecule has 0 aliphatic heterocycles. The van der Waals surface area contributed by atoms with Gasteiger partial charge in [0.25, 0.3) is 0 Å². The lowest BCUT2D eigenvalue weighted by Gasteiger charge is -2.11. The number of carbonyl (C=O) groups is 1. The van der Waals surface area contributed by atoms with Crippen LogP contribution in [0.15, 0.2) is 30.3 Å². The maximum atomic E-state index is 11.4. The molecule has 2 nitrogen and oxygen atoms in total. The minimum Gasteiger partial charge on any atom is -0.385 e. The normalized spacial score (nSPS) is 12.9. The van der Waals surface area contributed by atoms with Crippen molar-refractivity contribution in [3.8, 4) is 0 Å². The number of Topliss-reactive ketones (excluding diaryl/α,β-unsaturated/α-hetero) is 1. The average molecular weight is 192 g/mol. The second-order valence-electron chi connectivity index (χ2n) is 3.76. The predicted molar refractivity (Wildman–Crippen MR) is 56.0 cm³/mol. The SMILES string of the molecule is CC(C)C(=O)C(O)Cc1ccccc1. The first-order chi connectivity index (χ1) is 6.61. The number of rotatable bonds is 4. The molecular weight excluding hydrogens is 176 g/mol. The number of aliphatic hydroxyl groups is 1. The van der Waals surface area contributed by atoms with Crippen LogP contribution in [0.1, 0.15) is 19.4 Å². The lowest BCUT2D eigenvalue weighted by Crippen LogP contribution is -2.26. The molecular formula is C12H16O2. The number of hydrogen-bond donors (Lipinski definition) is 1. The first-order valence-electron chi connectivity index (χ1n) is 4.87. The van der Waals surface area contributed by atoms with E-state index in [1.54, 1.807) is 13.8 Å². The van der Waals surface area contributed by atoms with Gasteiger partial charge in [-0.2, -0.15) is 0 Å².